The van der Waals surface area contributed by atoms with Crippen LogP contribution in [0.4, 0.5) is 5.69 Å². The van der Waals surface area contributed by atoms with E-state index in [9.17, 15) is 9.90 Å². The van der Waals surface area contributed by atoms with E-state index in [0.717, 1.165) is 36.3 Å². The SMILES string of the molecule is Cc1cc(N2CC3CCCC3C2)c(C(=O)O)c(C)n1. The zero-order chi connectivity index (χ0) is 13.6. The van der Waals surface area contributed by atoms with E-state index < -0.39 is 5.97 Å². The number of hydrogen-bond acceptors (Lipinski definition) is 3. The maximum atomic E-state index is 11.5. The van der Waals surface area contributed by atoms with Crippen LogP contribution in [0.15, 0.2) is 6.07 Å². The number of aromatic carboxylic acids is 1. The van der Waals surface area contributed by atoms with E-state index in [1.807, 2.05) is 13.0 Å². The lowest BCUT2D eigenvalue weighted by atomic mass is 10.0. The molecule has 1 aromatic heterocycles. The van der Waals surface area contributed by atoms with Crippen molar-refractivity contribution in [3.8, 4) is 0 Å². The number of fused-ring (bicyclic) bond motifs is 1. The summed E-state index contributed by atoms with van der Waals surface area (Å²) in [7, 11) is 0. The Kier molecular flexibility index (Phi) is 2.96. The Hall–Kier alpha value is -1.58. The quantitative estimate of drug-likeness (QED) is 0.888. The van der Waals surface area contributed by atoms with Crippen molar-refractivity contribution < 1.29 is 9.90 Å². The molecule has 2 heterocycles. The van der Waals surface area contributed by atoms with Crippen LogP contribution in [0.5, 0.6) is 0 Å². The molecule has 4 nitrogen and oxygen atoms in total. The molecule has 3 rings (SSSR count). The molecule has 1 N–H and O–H groups in total. The van der Waals surface area contributed by atoms with Crippen molar-refractivity contribution in [1.82, 2.24) is 4.98 Å². The van der Waals surface area contributed by atoms with E-state index in [4.69, 9.17) is 0 Å². The Morgan fingerprint density at radius 1 is 1.32 bits per heavy atom. The van der Waals surface area contributed by atoms with Gasteiger partial charge >= 0.3 is 5.97 Å². The Balaban J connectivity index is 1.98. The molecule has 2 atom stereocenters. The van der Waals surface area contributed by atoms with Crippen LogP contribution in [0.3, 0.4) is 0 Å². The molecule has 1 saturated heterocycles. The molecule has 0 aromatic carbocycles. The summed E-state index contributed by atoms with van der Waals surface area (Å²) in [5, 5.41) is 9.43. The lowest BCUT2D eigenvalue weighted by molar-refractivity contribution is 0.0696. The van der Waals surface area contributed by atoms with Gasteiger partial charge in [0.2, 0.25) is 0 Å². The van der Waals surface area contributed by atoms with Gasteiger partial charge in [-0.05, 0) is 44.6 Å². The van der Waals surface area contributed by atoms with Crippen LogP contribution in [-0.2, 0) is 0 Å². The third-order valence-corrected chi connectivity index (χ3v) is 4.59. The highest BCUT2D eigenvalue weighted by molar-refractivity contribution is 5.95. The van der Waals surface area contributed by atoms with Gasteiger partial charge in [-0.2, -0.15) is 0 Å². The van der Waals surface area contributed by atoms with Crippen LogP contribution in [0.2, 0.25) is 0 Å². The van der Waals surface area contributed by atoms with Crippen LogP contribution in [-0.4, -0.2) is 29.1 Å². The van der Waals surface area contributed by atoms with Gasteiger partial charge in [-0.1, -0.05) is 6.42 Å². The smallest absolute Gasteiger partial charge is 0.339 e. The van der Waals surface area contributed by atoms with Crippen LogP contribution < -0.4 is 4.90 Å². The Morgan fingerprint density at radius 3 is 2.53 bits per heavy atom. The second kappa shape index (κ2) is 4.51. The second-order valence-electron chi connectivity index (χ2n) is 5.90. The molecule has 1 aromatic rings. The summed E-state index contributed by atoms with van der Waals surface area (Å²) in [6.07, 6.45) is 3.93. The molecule has 0 spiro atoms. The molecule has 2 aliphatic rings. The number of carboxylic acid groups (broad SMARTS) is 1. The molecule has 0 bridgehead atoms. The summed E-state index contributed by atoms with van der Waals surface area (Å²) in [6.45, 7) is 5.73. The van der Waals surface area contributed by atoms with Gasteiger partial charge in [-0.15, -0.1) is 0 Å². The van der Waals surface area contributed by atoms with E-state index in [0.29, 0.717) is 11.3 Å². The molecule has 102 valence electrons. The maximum absolute atomic E-state index is 11.5. The van der Waals surface area contributed by atoms with Crippen LogP contribution in [0.1, 0.15) is 41.0 Å². The molecule has 1 aliphatic carbocycles. The molecule has 1 saturated carbocycles. The number of pyridine rings is 1. The van der Waals surface area contributed by atoms with Gasteiger partial charge in [0, 0.05) is 18.8 Å². The van der Waals surface area contributed by atoms with Gasteiger partial charge in [0.1, 0.15) is 5.56 Å². The molecule has 1 aliphatic heterocycles. The number of aryl methyl sites for hydroxylation is 2. The number of hydrogen-bond donors (Lipinski definition) is 1. The summed E-state index contributed by atoms with van der Waals surface area (Å²) in [6, 6.07) is 1.93. The van der Waals surface area contributed by atoms with Gasteiger partial charge in [-0.25, -0.2) is 4.79 Å². The minimum atomic E-state index is -0.864. The van der Waals surface area contributed by atoms with E-state index in [1.54, 1.807) is 6.92 Å². The fraction of sp³-hybridized carbons (Fsp3) is 0.600. The summed E-state index contributed by atoms with van der Waals surface area (Å²) in [4.78, 5) is 18.0. The molecule has 2 fully saturated rings. The average molecular weight is 260 g/mol. The summed E-state index contributed by atoms with van der Waals surface area (Å²) in [5.74, 6) is 0.655. The van der Waals surface area contributed by atoms with Crippen molar-refractivity contribution in [3.63, 3.8) is 0 Å². The van der Waals surface area contributed by atoms with Crippen molar-refractivity contribution in [2.75, 3.05) is 18.0 Å². The highest BCUT2D eigenvalue weighted by atomic mass is 16.4. The Bertz CT molecular complexity index is 515. The lowest BCUT2D eigenvalue weighted by Gasteiger charge is -2.23. The number of nitrogens with zero attached hydrogens (tertiary/aromatic N) is 2. The number of carboxylic acids is 1. The predicted molar refractivity (Wildman–Crippen MR) is 73.7 cm³/mol. The van der Waals surface area contributed by atoms with Gasteiger partial charge in [0.05, 0.1) is 11.4 Å². The summed E-state index contributed by atoms with van der Waals surface area (Å²) >= 11 is 0. The highest BCUT2D eigenvalue weighted by Gasteiger charge is 2.37. The fourth-order valence-corrected chi connectivity index (χ4v) is 3.75. The first-order valence-corrected chi connectivity index (χ1v) is 7.02. The molecule has 2 unspecified atom stereocenters. The molecule has 0 radical (unpaired) electrons. The Morgan fingerprint density at radius 2 is 1.95 bits per heavy atom. The van der Waals surface area contributed by atoms with Gasteiger partial charge in [-0.3, -0.25) is 4.98 Å². The standard InChI is InChI=1S/C15H20N2O2/c1-9-6-13(14(15(18)19)10(2)16-9)17-7-11-4-3-5-12(11)8-17/h6,11-12H,3-5,7-8H2,1-2H3,(H,18,19). The molecule has 4 heteroatoms. The minimum Gasteiger partial charge on any atom is -0.478 e. The third kappa shape index (κ3) is 2.09. The predicted octanol–water partition coefficient (Wildman–Crippen LogP) is 2.63. The van der Waals surface area contributed by atoms with Crippen LogP contribution in [0.25, 0.3) is 0 Å². The minimum absolute atomic E-state index is 0.380. The molecule has 19 heavy (non-hydrogen) atoms. The first-order valence-electron chi connectivity index (χ1n) is 7.02. The van der Waals surface area contributed by atoms with Crippen molar-refractivity contribution in [2.24, 2.45) is 11.8 Å². The Labute approximate surface area is 113 Å². The number of aromatic nitrogens is 1. The highest BCUT2D eigenvalue weighted by Crippen LogP contribution is 2.40. The monoisotopic (exact) mass is 260 g/mol. The maximum Gasteiger partial charge on any atom is 0.339 e. The normalized spacial score (nSPS) is 25.7. The van der Waals surface area contributed by atoms with Crippen molar-refractivity contribution in [3.05, 3.63) is 23.0 Å². The second-order valence-corrected chi connectivity index (χ2v) is 5.90. The van der Waals surface area contributed by atoms with Crippen molar-refractivity contribution in [1.29, 1.82) is 0 Å². The number of anilines is 1. The fourth-order valence-electron chi connectivity index (χ4n) is 3.75. The summed E-state index contributed by atoms with van der Waals surface area (Å²) < 4.78 is 0. The average Bonchev–Trinajstić information content (AvgIpc) is 2.86. The first kappa shape index (κ1) is 12.5. The van der Waals surface area contributed by atoms with Crippen molar-refractivity contribution >= 4 is 11.7 Å². The summed E-state index contributed by atoms with van der Waals surface area (Å²) in [5.41, 5.74) is 2.77. The van der Waals surface area contributed by atoms with Gasteiger partial charge < -0.3 is 10.0 Å². The van der Waals surface area contributed by atoms with Crippen molar-refractivity contribution in [2.45, 2.75) is 33.1 Å². The van der Waals surface area contributed by atoms with E-state index in [2.05, 4.69) is 9.88 Å². The largest absolute Gasteiger partial charge is 0.478 e. The lowest BCUT2D eigenvalue weighted by Crippen LogP contribution is -2.24. The zero-order valence-corrected chi connectivity index (χ0v) is 11.5. The number of rotatable bonds is 2. The number of carbonyl (C=O) groups is 1. The van der Waals surface area contributed by atoms with E-state index in [-0.39, 0.29) is 0 Å². The van der Waals surface area contributed by atoms with E-state index in [1.165, 1.54) is 19.3 Å². The topological polar surface area (TPSA) is 53.4 Å². The van der Waals surface area contributed by atoms with Gasteiger partial charge in [0.15, 0.2) is 0 Å². The van der Waals surface area contributed by atoms with Gasteiger partial charge in [0.25, 0.3) is 0 Å². The van der Waals surface area contributed by atoms with Crippen LogP contribution in [0, 0.1) is 25.7 Å². The molecular weight excluding hydrogens is 240 g/mol. The molecule has 0 amide bonds. The van der Waals surface area contributed by atoms with Crippen LogP contribution >= 0.6 is 0 Å². The molecular formula is C15H20N2O2. The first-order chi connectivity index (χ1) is 9.06. The van der Waals surface area contributed by atoms with E-state index >= 15 is 0 Å². The third-order valence-electron chi connectivity index (χ3n) is 4.59. The zero-order valence-electron chi connectivity index (χ0n) is 11.5.